The molecule has 5 heteroatoms. The van der Waals surface area contributed by atoms with Crippen LogP contribution in [0.5, 0.6) is 0 Å². The topological polar surface area (TPSA) is 24.3 Å². The molecule has 1 saturated heterocycles. The van der Waals surface area contributed by atoms with E-state index in [1.54, 1.807) is 11.3 Å². The summed E-state index contributed by atoms with van der Waals surface area (Å²) in [5.74, 6) is 0. The standard InChI is InChI=1S/C30H30N4S/c1-23-14-15-27-28(21-23)35-30(31-27)34-16-8-13-26(34)22-32-17-19-33(20-18-32)29(24-9-4-2-5-10-24)25-11-6-3-7-12-25/h2-16,21,29H,17-20,22H2,1H3. The summed E-state index contributed by atoms with van der Waals surface area (Å²) in [4.78, 5) is 10.1. The third-order valence-electron chi connectivity index (χ3n) is 6.96. The second kappa shape index (κ2) is 9.78. The van der Waals surface area contributed by atoms with Gasteiger partial charge in [0.1, 0.15) is 0 Å². The number of nitrogens with zero attached hydrogens (tertiary/aromatic N) is 4. The van der Waals surface area contributed by atoms with E-state index in [4.69, 9.17) is 4.98 Å². The summed E-state index contributed by atoms with van der Waals surface area (Å²) in [5.41, 5.74) is 6.40. The molecule has 5 aromatic rings. The van der Waals surface area contributed by atoms with Crippen LogP contribution in [-0.4, -0.2) is 45.5 Å². The molecular formula is C30H30N4S. The van der Waals surface area contributed by atoms with E-state index in [1.807, 2.05) is 0 Å². The molecule has 0 saturated carbocycles. The first-order chi connectivity index (χ1) is 17.2. The fourth-order valence-corrected chi connectivity index (χ4v) is 6.23. The lowest BCUT2D eigenvalue weighted by molar-refractivity contribution is 0.103. The van der Waals surface area contributed by atoms with Gasteiger partial charge in [0.25, 0.3) is 0 Å². The Balaban J connectivity index is 1.17. The number of hydrogen-bond donors (Lipinski definition) is 0. The summed E-state index contributed by atoms with van der Waals surface area (Å²) < 4.78 is 3.52. The van der Waals surface area contributed by atoms with Gasteiger partial charge in [-0.2, -0.15) is 0 Å². The fourth-order valence-electron chi connectivity index (χ4n) is 5.15. The third kappa shape index (κ3) is 4.67. The van der Waals surface area contributed by atoms with Gasteiger partial charge in [-0.1, -0.05) is 78.1 Å². The molecule has 1 aliphatic heterocycles. The Hall–Kier alpha value is -3.25. The van der Waals surface area contributed by atoms with Crippen LogP contribution in [0.25, 0.3) is 15.3 Å². The zero-order valence-electron chi connectivity index (χ0n) is 20.0. The highest BCUT2D eigenvalue weighted by Crippen LogP contribution is 2.30. The predicted octanol–water partition coefficient (Wildman–Crippen LogP) is 6.30. The van der Waals surface area contributed by atoms with Crippen molar-refractivity contribution in [1.29, 1.82) is 0 Å². The summed E-state index contributed by atoms with van der Waals surface area (Å²) in [6.07, 6.45) is 2.15. The van der Waals surface area contributed by atoms with Gasteiger partial charge < -0.3 is 0 Å². The molecule has 6 rings (SSSR count). The SMILES string of the molecule is Cc1ccc2nc(-n3cccc3CN3CCN(C(c4ccccc4)c4ccccc4)CC3)sc2c1. The Labute approximate surface area is 211 Å². The van der Waals surface area contributed by atoms with Gasteiger partial charge >= 0.3 is 0 Å². The minimum Gasteiger partial charge on any atom is -0.296 e. The summed E-state index contributed by atoms with van der Waals surface area (Å²) in [6, 6.07) is 33.0. The molecular weight excluding hydrogens is 448 g/mol. The molecule has 1 aliphatic rings. The van der Waals surface area contributed by atoms with Gasteiger partial charge in [-0.25, -0.2) is 4.98 Å². The van der Waals surface area contributed by atoms with Gasteiger partial charge in [0, 0.05) is 44.6 Å². The summed E-state index contributed by atoms with van der Waals surface area (Å²) >= 11 is 1.77. The zero-order valence-corrected chi connectivity index (χ0v) is 20.9. The van der Waals surface area contributed by atoms with Crippen molar-refractivity contribution in [2.45, 2.75) is 19.5 Å². The van der Waals surface area contributed by atoms with Crippen LogP contribution >= 0.6 is 11.3 Å². The molecule has 35 heavy (non-hydrogen) atoms. The maximum absolute atomic E-state index is 4.91. The predicted molar refractivity (Wildman–Crippen MR) is 145 cm³/mol. The average Bonchev–Trinajstić information content (AvgIpc) is 3.53. The molecule has 176 valence electrons. The first-order valence-electron chi connectivity index (χ1n) is 12.3. The molecule has 0 bridgehead atoms. The van der Waals surface area contributed by atoms with Crippen molar-refractivity contribution in [2.24, 2.45) is 0 Å². The van der Waals surface area contributed by atoms with E-state index in [1.165, 1.54) is 27.1 Å². The van der Waals surface area contributed by atoms with Crippen molar-refractivity contribution in [3.63, 3.8) is 0 Å². The monoisotopic (exact) mass is 478 g/mol. The molecule has 2 aromatic heterocycles. The van der Waals surface area contributed by atoms with Gasteiger partial charge in [0.15, 0.2) is 5.13 Å². The highest BCUT2D eigenvalue weighted by Gasteiger charge is 2.26. The van der Waals surface area contributed by atoms with Crippen molar-refractivity contribution in [3.05, 3.63) is 120 Å². The average molecular weight is 479 g/mol. The number of piperazine rings is 1. The summed E-state index contributed by atoms with van der Waals surface area (Å²) in [7, 11) is 0. The van der Waals surface area contributed by atoms with E-state index in [0.717, 1.165) is 43.4 Å². The minimum absolute atomic E-state index is 0.301. The smallest absolute Gasteiger partial charge is 0.194 e. The molecule has 0 atom stereocenters. The highest BCUT2D eigenvalue weighted by atomic mass is 32.1. The van der Waals surface area contributed by atoms with Crippen molar-refractivity contribution < 1.29 is 0 Å². The molecule has 0 radical (unpaired) electrons. The maximum Gasteiger partial charge on any atom is 0.194 e. The van der Waals surface area contributed by atoms with E-state index in [9.17, 15) is 0 Å². The lowest BCUT2D eigenvalue weighted by Gasteiger charge is -2.39. The number of aromatic nitrogens is 2. The van der Waals surface area contributed by atoms with Crippen molar-refractivity contribution in [3.8, 4) is 5.13 Å². The number of aryl methyl sites for hydroxylation is 1. The second-order valence-corrected chi connectivity index (χ2v) is 10.4. The number of thiazole rings is 1. The molecule has 3 heterocycles. The van der Waals surface area contributed by atoms with Crippen molar-refractivity contribution in [1.82, 2.24) is 19.4 Å². The normalized spacial score (nSPS) is 15.3. The fraction of sp³-hybridized carbons (Fsp3) is 0.233. The molecule has 0 amide bonds. The van der Waals surface area contributed by atoms with E-state index >= 15 is 0 Å². The molecule has 1 fully saturated rings. The molecule has 4 nitrogen and oxygen atoms in total. The van der Waals surface area contributed by atoms with Gasteiger partial charge in [-0.05, 0) is 47.9 Å². The van der Waals surface area contributed by atoms with Crippen molar-refractivity contribution >= 4 is 21.6 Å². The molecule has 0 spiro atoms. The van der Waals surface area contributed by atoms with Crippen LogP contribution in [0.1, 0.15) is 28.4 Å². The van der Waals surface area contributed by atoms with Crippen LogP contribution in [0.4, 0.5) is 0 Å². The molecule has 3 aromatic carbocycles. The highest BCUT2D eigenvalue weighted by molar-refractivity contribution is 7.20. The molecule has 0 unspecified atom stereocenters. The van der Waals surface area contributed by atoms with E-state index in [0.29, 0.717) is 6.04 Å². The van der Waals surface area contributed by atoms with Gasteiger partial charge in [0.2, 0.25) is 0 Å². The van der Waals surface area contributed by atoms with Crippen molar-refractivity contribution in [2.75, 3.05) is 26.2 Å². The quantitative estimate of drug-likeness (QED) is 0.286. The van der Waals surface area contributed by atoms with Crippen LogP contribution < -0.4 is 0 Å². The number of rotatable bonds is 6. The van der Waals surface area contributed by atoms with E-state index in [-0.39, 0.29) is 0 Å². The largest absolute Gasteiger partial charge is 0.296 e. The van der Waals surface area contributed by atoms with E-state index in [2.05, 4.69) is 118 Å². The number of benzene rings is 3. The number of hydrogen-bond acceptors (Lipinski definition) is 4. The second-order valence-electron chi connectivity index (χ2n) is 9.37. The Kier molecular flexibility index (Phi) is 6.21. The maximum atomic E-state index is 4.91. The lowest BCUT2D eigenvalue weighted by Crippen LogP contribution is -2.47. The van der Waals surface area contributed by atoms with E-state index < -0.39 is 0 Å². The van der Waals surface area contributed by atoms with Crippen LogP contribution in [0.3, 0.4) is 0 Å². The first-order valence-corrected chi connectivity index (χ1v) is 13.2. The van der Waals surface area contributed by atoms with Crippen LogP contribution in [0.2, 0.25) is 0 Å². The summed E-state index contributed by atoms with van der Waals surface area (Å²) in [6.45, 7) is 7.29. The lowest BCUT2D eigenvalue weighted by atomic mass is 9.96. The summed E-state index contributed by atoms with van der Waals surface area (Å²) in [5, 5.41) is 1.05. The number of fused-ring (bicyclic) bond motifs is 1. The first kappa shape index (κ1) is 22.2. The Morgan fingerprint density at radius 2 is 1.49 bits per heavy atom. The molecule has 0 aliphatic carbocycles. The molecule has 0 N–H and O–H groups in total. The minimum atomic E-state index is 0.301. The zero-order chi connectivity index (χ0) is 23.6. The van der Waals surface area contributed by atoms with Gasteiger partial charge in [0.05, 0.1) is 16.3 Å². The Morgan fingerprint density at radius 1 is 0.800 bits per heavy atom. The van der Waals surface area contributed by atoms with Crippen LogP contribution in [-0.2, 0) is 6.54 Å². The van der Waals surface area contributed by atoms with Crippen LogP contribution in [0, 0.1) is 6.92 Å². The Bertz CT molecular complexity index is 1360. The van der Waals surface area contributed by atoms with Gasteiger partial charge in [-0.15, -0.1) is 0 Å². The third-order valence-corrected chi connectivity index (χ3v) is 7.98. The Morgan fingerprint density at radius 3 is 2.17 bits per heavy atom. The van der Waals surface area contributed by atoms with Crippen LogP contribution in [0.15, 0.2) is 97.2 Å². The van der Waals surface area contributed by atoms with Gasteiger partial charge in [-0.3, -0.25) is 14.4 Å².